The van der Waals surface area contributed by atoms with Crippen LogP contribution >= 0.6 is 0 Å². The van der Waals surface area contributed by atoms with Gasteiger partial charge in [0.2, 0.25) is 0 Å². The molecule has 0 saturated carbocycles. The van der Waals surface area contributed by atoms with Gasteiger partial charge in [-0.05, 0) is 43.3 Å². The van der Waals surface area contributed by atoms with E-state index in [4.69, 9.17) is 14.6 Å². The molecule has 3 aromatic rings. The van der Waals surface area contributed by atoms with E-state index in [9.17, 15) is 4.79 Å². The van der Waals surface area contributed by atoms with Gasteiger partial charge < -0.3 is 14.6 Å². The topological polar surface area (TPSA) is 94.4 Å². The van der Waals surface area contributed by atoms with Gasteiger partial charge in [0.15, 0.2) is 6.10 Å². The van der Waals surface area contributed by atoms with Crippen molar-refractivity contribution in [1.82, 2.24) is 15.2 Å². The third-order valence-electron chi connectivity index (χ3n) is 3.03. The maximum atomic E-state index is 10.7. The SMILES string of the molecule is CC(Oc1ccc(Oc2nnc3ccccc3n2)cc1)C(=O)O. The van der Waals surface area contributed by atoms with E-state index >= 15 is 0 Å². The molecular weight excluding hydrogens is 298 g/mol. The van der Waals surface area contributed by atoms with Crippen molar-refractivity contribution in [2.45, 2.75) is 13.0 Å². The molecule has 1 N–H and O–H groups in total. The fourth-order valence-electron chi connectivity index (χ4n) is 1.85. The number of aromatic nitrogens is 3. The summed E-state index contributed by atoms with van der Waals surface area (Å²) in [5.74, 6) is -0.0943. The minimum absolute atomic E-state index is 0.135. The van der Waals surface area contributed by atoms with Crippen molar-refractivity contribution in [2.75, 3.05) is 0 Å². The molecule has 2 aromatic carbocycles. The fraction of sp³-hybridized carbons (Fsp3) is 0.125. The number of ether oxygens (including phenoxy) is 2. The second-order valence-electron chi connectivity index (χ2n) is 4.75. The van der Waals surface area contributed by atoms with Crippen LogP contribution in [0.5, 0.6) is 17.5 Å². The summed E-state index contributed by atoms with van der Waals surface area (Å²) in [6, 6.07) is 14.0. The van der Waals surface area contributed by atoms with Gasteiger partial charge in [0, 0.05) is 0 Å². The third-order valence-corrected chi connectivity index (χ3v) is 3.03. The molecule has 0 bridgehead atoms. The highest BCUT2D eigenvalue weighted by Crippen LogP contribution is 2.22. The normalized spacial score (nSPS) is 11.9. The zero-order valence-corrected chi connectivity index (χ0v) is 12.2. The van der Waals surface area contributed by atoms with E-state index in [1.165, 1.54) is 6.92 Å². The number of fused-ring (bicyclic) bond motifs is 1. The van der Waals surface area contributed by atoms with Gasteiger partial charge in [-0.1, -0.05) is 17.2 Å². The van der Waals surface area contributed by atoms with Crippen LogP contribution in [0.25, 0.3) is 11.0 Å². The van der Waals surface area contributed by atoms with Crippen LogP contribution < -0.4 is 9.47 Å². The number of para-hydroxylation sites is 1. The number of carboxylic acid groups (broad SMARTS) is 1. The van der Waals surface area contributed by atoms with E-state index in [1.807, 2.05) is 24.3 Å². The van der Waals surface area contributed by atoms with E-state index in [1.54, 1.807) is 24.3 Å². The number of benzene rings is 2. The lowest BCUT2D eigenvalue weighted by Crippen LogP contribution is -2.22. The van der Waals surface area contributed by atoms with Crippen LogP contribution in [-0.2, 0) is 4.79 Å². The lowest BCUT2D eigenvalue weighted by atomic mass is 10.3. The summed E-state index contributed by atoms with van der Waals surface area (Å²) < 4.78 is 10.8. The molecule has 1 aromatic heterocycles. The number of rotatable bonds is 5. The molecule has 0 aliphatic rings. The van der Waals surface area contributed by atoms with Crippen molar-refractivity contribution < 1.29 is 19.4 Å². The molecule has 1 heterocycles. The largest absolute Gasteiger partial charge is 0.479 e. The molecule has 1 atom stereocenters. The highest BCUT2D eigenvalue weighted by Gasteiger charge is 2.12. The predicted octanol–water partition coefficient (Wildman–Crippen LogP) is 2.67. The standard InChI is InChI=1S/C16H13N3O4/c1-10(15(20)21)22-11-6-8-12(9-7-11)23-16-17-13-4-2-3-5-14(13)18-19-16/h2-10H,1H3,(H,20,21). The molecule has 0 saturated heterocycles. The molecule has 0 aliphatic heterocycles. The lowest BCUT2D eigenvalue weighted by molar-refractivity contribution is -0.144. The first-order valence-corrected chi connectivity index (χ1v) is 6.88. The number of carbonyl (C=O) groups is 1. The second-order valence-corrected chi connectivity index (χ2v) is 4.75. The zero-order valence-electron chi connectivity index (χ0n) is 12.2. The Bertz CT molecular complexity index is 836. The van der Waals surface area contributed by atoms with Crippen LogP contribution in [0.1, 0.15) is 6.92 Å². The van der Waals surface area contributed by atoms with Crippen molar-refractivity contribution in [3.63, 3.8) is 0 Å². The highest BCUT2D eigenvalue weighted by molar-refractivity contribution is 5.73. The Labute approximate surface area is 131 Å². The first-order chi connectivity index (χ1) is 11.1. The minimum atomic E-state index is -1.03. The number of carboxylic acids is 1. The molecule has 0 spiro atoms. The van der Waals surface area contributed by atoms with Gasteiger partial charge >= 0.3 is 12.0 Å². The van der Waals surface area contributed by atoms with Crippen molar-refractivity contribution in [3.8, 4) is 17.5 Å². The van der Waals surface area contributed by atoms with E-state index < -0.39 is 12.1 Å². The maximum Gasteiger partial charge on any atom is 0.344 e. The monoisotopic (exact) mass is 311 g/mol. The Hall–Kier alpha value is -3.22. The summed E-state index contributed by atoms with van der Waals surface area (Å²) in [7, 11) is 0. The summed E-state index contributed by atoms with van der Waals surface area (Å²) >= 11 is 0. The number of hydrogen-bond acceptors (Lipinski definition) is 6. The van der Waals surface area contributed by atoms with Crippen molar-refractivity contribution in [1.29, 1.82) is 0 Å². The van der Waals surface area contributed by atoms with Crippen LogP contribution in [0.15, 0.2) is 48.5 Å². The molecule has 23 heavy (non-hydrogen) atoms. The summed E-state index contributed by atoms with van der Waals surface area (Å²) in [6.45, 7) is 1.46. The highest BCUT2D eigenvalue weighted by atomic mass is 16.5. The third kappa shape index (κ3) is 3.52. The van der Waals surface area contributed by atoms with Gasteiger partial charge in [0.25, 0.3) is 0 Å². The van der Waals surface area contributed by atoms with Gasteiger partial charge in [-0.2, -0.15) is 4.98 Å². The van der Waals surface area contributed by atoms with Crippen LogP contribution in [-0.4, -0.2) is 32.4 Å². The van der Waals surface area contributed by atoms with E-state index in [0.717, 1.165) is 0 Å². The molecule has 7 nitrogen and oxygen atoms in total. The Morgan fingerprint density at radius 3 is 2.35 bits per heavy atom. The summed E-state index contributed by atoms with van der Waals surface area (Å²) in [5, 5.41) is 16.7. The molecule has 0 fully saturated rings. The number of aliphatic carboxylic acids is 1. The minimum Gasteiger partial charge on any atom is -0.479 e. The summed E-state index contributed by atoms with van der Waals surface area (Å²) in [6.07, 6.45) is -0.921. The first-order valence-electron chi connectivity index (χ1n) is 6.88. The molecule has 116 valence electrons. The molecule has 7 heteroatoms. The van der Waals surface area contributed by atoms with Crippen molar-refractivity contribution >= 4 is 17.0 Å². The first kappa shape index (κ1) is 14.7. The quantitative estimate of drug-likeness (QED) is 0.774. The predicted molar refractivity (Wildman–Crippen MR) is 81.6 cm³/mol. The second kappa shape index (κ2) is 6.27. The van der Waals surface area contributed by atoms with Crippen LogP contribution in [0.3, 0.4) is 0 Å². The molecule has 1 unspecified atom stereocenters. The van der Waals surface area contributed by atoms with Crippen LogP contribution in [0.4, 0.5) is 0 Å². The average Bonchev–Trinajstić information content (AvgIpc) is 2.56. The van der Waals surface area contributed by atoms with Gasteiger partial charge in [0.1, 0.15) is 17.0 Å². The lowest BCUT2D eigenvalue weighted by Gasteiger charge is -2.10. The molecule has 0 aliphatic carbocycles. The molecule has 0 amide bonds. The van der Waals surface area contributed by atoms with Gasteiger partial charge in [0.05, 0.1) is 5.52 Å². The maximum absolute atomic E-state index is 10.7. The zero-order chi connectivity index (χ0) is 16.2. The summed E-state index contributed by atoms with van der Waals surface area (Å²) in [5.41, 5.74) is 1.37. The van der Waals surface area contributed by atoms with Gasteiger partial charge in [-0.25, -0.2) is 4.79 Å². The van der Waals surface area contributed by atoms with Gasteiger partial charge in [-0.15, -0.1) is 5.10 Å². The smallest absolute Gasteiger partial charge is 0.344 e. The Morgan fingerprint density at radius 1 is 1.00 bits per heavy atom. The van der Waals surface area contributed by atoms with Crippen LogP contribution in [0, 0.1) is 0 Å². The molecular formula is C16H13N3O4. The van der Waals surface area contributed by atoms with Crippen molar-refractivity contribution in [3.05, 3.63) is 48.5 Å². The summed E-state index contributed by atoms with van der Waals surface area (Å²) in [4.78, 5) is 15.0. The number of hydrogen-bond donors (Lipinski definition) is 1. The number of nitrogens with zero attached hydrogens (tertiary/aromatic N) is 3. The fourth-order valence-corrected chi connectivity index (χ4v) is 1.85. The Balaban J connectivity index is 1.73. The van der Waals surface area contributed by atoms with E-state index in [2.05, 4.69) is 15.2 Å². The average molecular weight is 311 g/mol. The van der Waals surface area contributed by atoms with E-state index in [0.29, 0.717) is 22.5 Å². The molecule has 0 radical (unpaired) electrons. The molecule has 3 rings (SSSR count). The van der Waals surface area contributed by atoms with Crippen molar-refractivity contribution in [2.24, 2.45) is 0 Å². The van der Waals surface area contributed by atoms with Crippen LogP contribution in [0.2, 0.25) is 0 Å². The Morgan fingerprint density at radius 2 is 1.65 bits per heavy atom. The van der Waals surface area contributed by atoms with E-state index in [-0.39, 0.29) is 6.01 Å². The van der Waals surface area contributed by atoms with Gasteiger partial charge in [-0.3, -0.25) is 0 Å². The Kier molecular flexibility index (Phi) is 4.01.